The van der Waals surface area contributed by atoms with Gasteiger partial charge in [-0.1, -0.05) is 35.0 Å². The lowest BCUT2D eigenvalue weighted by atomic mass is 10.2. The highest BCUT2D eigenvalue weighted by Crippen LogP contribution is 2.12. The molecule has 0 heterocycles. The smallest absolute Gasteiger partial charge is 0.336 e. The fourth-order valence-corrected chi connectivity index (χ4v) is 0.871. The van der Waals surface area contributed by atoms with Gasteiger partial charge in [-0.05, 0) is 13.3 Å². The van der Waals surface area contributed by atoms with Crippen molar-refractivity contribution in [3.05, 3.63) is 22.2 Å². The summed E-state index contributed by atoms with van der Waals surface area (Å²) in [5, 5.41) is 8.63. The fraction of sp³-hybridized carbons (Fsp3) is 0.375. The van der Waals surface area contributed by atoms with Gasteiger partial charge in [0, 0.05) is 4.48 Å². The molecule has 0 aromatic heterocycles. The molecule has 0 saturated heterocycles. The number of allylic oxidation sites excluding steroid dienone is 2. The van der Waals surface area contributed by atoms with Crippen molar-refractivity contribution >= 4 is 21.9 Å². The molecule has 0 atom stereocenters. The molecule has 0 fully saturated rings. The Bertz CT molecular complexity index is 200. The standard InChI is InChI=1S/C8H11BrO2/c1-3-4-5-7(6(2)9)8(10)11/h4-5H,3H2,1-2H3,(H,10,11)/b5-4-,7-6-. The molecule has 0 amide bonds. The summed E-state index contributed by atoms with van der Waals surface area (Å²) in [6.45, 7) is 3.67. The van der Waals surface area contributed by atoms with Gasteiger partial charge in [0.05, 0.1) is 5.57 Å². The van der Waals surface area contributed by atoms with Gasteiger partial charge in [0.1, 0.15) is 0 Å². The van der Waals surface area contributed by atoms with Crippen LogP contribution in [0, 0.1) is 0 Å². The van der Waals surface area contributed by atoms with E-state index in [-0.39, 0.29) is 0 Å². The first-order valence-electron chi connectivity index (χ1n) is 3.35. The van der Waals surface area contributed by atoms with Crippen LogP contribution in [0.15, 0.2) is 22.2 Å². The molecule has 11 heavy (non-hydrogen) atoms. The van der Waals surface area contributed by atoms with Crippen LogP contribution in [0.4, 0.5) is 0 Å². The van der Waals surface area contributed by atoms with E-state index < -0.39 is 5.97 Å². The van der Waals surface area contributed by atoms with Crippen LogP contribution in [0.3, 0.4) is 0 Å². The van der Waals surface area contributed by atoms with Gasteiger partial charge in [-0.3, -0.25) is 0 Å². The van der Waals surface area contributed by atoms with Crippen LogP contribution in [0.25, 0.3) is 0 Å². The number of hydrogen-bond acceptors (Lipinski definition) is 1. The molecule has 2 nitrogen and oxygen atoms in total. The Morgan fingerprint density at radius 1 is 1.64 bits per heavy atom. The Kier molecular flexibility index (Phi) is 4.86. The number of carbonyl (C=O) groups is 1. The van der Waals surface area contributed by atoms with E-state index in [1.165, 1.54) is 0 Å². The second-order valence-electron chi connectivity index (χ2n) is 2.06. The third-order valence-electron chi connectivity index (χ3n) is 1.12. The summed E-state index contributed by atoms with van der Waals surface area (Å²) in [6.07, 6.45) is 4.26. The first-order chi connectivity index (χ1) is 5.09. The molecule has 0 unspecified atom stereocenters. The topological polar surface area (TPSA) is 37.3 Å². The van der Waals surface area contributed by atoms with Crippen molar-refractivity contribution in [3.8, 4) is 0 Å². The van der Waals surface area contributed by atoms with Gasteiger partial charge in [0.25, 0.3) is 0 Å². The molecule has 0 aliphatic rings. The summed E-state index contributed by atoms with van der Waals surface area (Å²) < 4.78 is 0.648. The van der Waals surface area contributed by atoms with Crippen LogP contribution in [0.5, 0.6) is 0 Å². The molecule has 0 aliphatic carbocycles. The minimum absolute atomic E-state index is 0.312. The maximum Gasteiger partial charge on any atom is 0.336 e. The van der Waals surface area contributed by atoms with Crippen LogP contribution < -0.4 is 0 Å². The predicted molar refractivity (Wildman–Crippen MR) is 48.7 cm³/mol. The number of carboxylic acid groups (broad SMARTS) is 1. The summed E-state index contributed by atoms with van der Waals surface area (Å²) in [5.74, 6) is -0.899. The Morgan fingerprint density at radius 2 is 2.18 bits per heavy atom. The minimum Gasteiger partial charge on any atom is -0.478 e. The zero-order chi connectivity index (χ0) is 8.85. The van der Waals surface area contributed by atoms with E-state index in [9.17, 15) is 4.79 Å². The summed E-state index contributed by atoms with van der Waals surface area (Å²) in [6, 6.07) is 0. The second kappa shape index (κ2) is 5.13. The van der Waals surface area contributed by atoms with E-state index in [1.54, 1.807) is 13.0 Å². The second-order valence-corrected chi connectivity index (χ2v) is 3.25. The lowest BCUT2D eigenvalue weighted by Crippen LogP contribution is -1.98. The van der Waals surface area contributed by atoms with Crippen molar-refractivity contribution in [2.24, 2.45) is 0 Å². The maximum atomic E-state index is 10.5. The highest BCUT2D eigenvalue weighted by molar-refractivity contribution is 9.11. The Hall–Kier alpha value is -0.570. The van der Waals surface area contributed by atoms with Crippen LogP contribution >= 0.6 is 15.9 Å². The molecule has 0 saturated carbocycles. The van der Waals surface area contributed by atoms with Gasteiger partial charge >= 0.3 is 5.97 Å². The molecule has 0 radical (unpaired) electrons. The van der Waals surface area contributed by atoms with Gasteiger partial charge in [0.15, 0.2) is 0 Å². The van der Waals surface area contributed by atoms with Crippen molar-refractivity contribution in [2.75, 3.05) is 0 Å². The fourth-order valence-electron chi connectivity index (χ4n) is 0.569. The molecule has 1 N–H and O–H groups in total. The van der Waals surface area contributed by atoms with E-state index in [4.69, 9.17) is 5.11 Å². The van der Waals surface area contributed by atoms with Crippen molar-refractivity contribution in [3.63, 3.8) is 0 Å². The monoisotopic (exact) mass is 218 g/mol. The molecule has 62 valence electrons. The lowest BCUT2D eigenvalue weighted by Gasteiger charge is -1.94. The Labute approximate surface area is 74.7 Å². The highest BCUT2D eigenvalue weighted by atomic mass is 79.9. The van der Waals surface area contributed by atoms with E-state index >= 15 is 0 Å². The average molecular weight is 219 g/mol. The van der Waals surface area contributed by atoms with Crippen molar-refractivity contribution in [2.45, 2.75) is 20.3 Å². The zero-order valence-electron chi connectivity index (χ0n) is 6.60. The molecular formula is C8H11BrO2. The lowest BCUT2D eigenvalue weighted by molar-refractivity contribution is -0.132. The molecule has 0 rings (SSSR count). The van der Waals surface area contributed by atoms with E-state index in [2.05, 4.69) is 15.9 Å². The normalized spacial score (nSPS) is 13.4. The molecule has 0 aromatic carbocycles. The molecular weight excluding hydrogens is 208 g/mol. The van der Waals surface area contributed by atoms with Gasteiger partial charge in [-0.2, -0.15) is 0 Å². The van der Waals surface area contributed by atoms with E-state index in [0.717, 1.165) is 6.42 Å². The average Bonchev–Trinajstić information content (AvgIpc) is 1.87. The third-order valence-corrected chi connectivity index (χ3v) is 1.55. The Balaban J connectivity index is 4.51. The zero-order valence-corrected chi connectivity index (χ0v) is 8.18. The number of carboxylic acids is 1. The number of aliphatic carboxylic acids is 1. The third kappa shape index (κ3) is 3.98. The maximum absolute atomic E-state index is 10.5. The summed E-state index contributed by atoms with van der Waals surface area (Å²) in [7, 11) is 0. The number of rotatable bonds is 3. The summed E-state index contributed by atoms with van der Waals surface area (Å²) in [4.78, 5) is 10.5. The van der Waals surface area contributed by atoms with Crippen molar-refractivity contribution in [1.82, 2.24) is 0 Å². The Morgan fingerprint density at radius 3 is 2.45 bits per heavy atom. The van der Waals surface area contributed by atoms with Gasteiger partial charge in [0.2, 0.25) is 0 Å². The summed E-state index contributed by atoms with van der Waals surface area (Å²) >= 11 is 3.12. The molecule has 3 heteroatoms. The molecule has 0 aromatic rings. The number of hydrogen-bond donors (Lipinski definition) is 1. The van der Waals surface area contributed by atoms with Crippen LogP contribution in [0.2, 0.25) is 0 Å². The molecule has 0 aliphatic heterocycles. The first-order valence-corrected chi connectivity index (χ1v) is 4.15. The van der Waals surface area contributed by atoms with Gasteiger partial charge in [-0.25, -0.2) is 4.79 Å². The first kappa shape index (κ1) is 10.4. The van der Waals surface area contributed by atoms with Gasteiger partial charge in [-0.15, -0.1) is 0 Å². The summed E-state index contributed by atoms with van der Waals surface area (Å²) in [5.41, 5.74) is 0.312. The van der Waals surface area contributed by atoms with E-state index in [0.29, 0.717) is 10.1 Å². The van der Waals surface area contributed by atoms with Crippen LogP contribution in [-0.2, 0) is 4.79 Å². The van der Waals surface area contributed by atoms with Crippen LogP contribution in [0.1, 0.15) is 20.3 Å². The van der Waals surface area contributed by atoms with Gasteiger partial charge < -0.3 is 5.11 Å². The largest absolute Gasteiger partial charge is 0.478 e. The SMILES string of the molecule is CC/C=C\C(C(=O)O)=C(/C)Br. The number of halogens is 1. The van der Waals surface area contributed by atoms with E-state index in [1.807, 2.05) is 13.0 Å². The van der Waals surface area contributed by atoms with Crippen molar-refractivity contribution < 1.29 is 9.90 Å². The minimum atomic E-state index is -0.899. The quantitative estimate of drug-likeness (QED) is 0.585. The van der Waals surface area contributed by atoms with Crippen LogP contribution in [-0.4, -0.2) is 11.1 Å². The highest BCUT2D eigenvalue weighted by Gasteiger charge is 2.04. The predicted octanol–water partition coefficient (Wildman–Crippen LogP) is 2.71. The molecule has 0 bridgehead atoms. The molecule has 0 spiro atoms. The van der Waals surface area contributed by atoms with Crippen molar-refractivity contribution in [1.29, 1.82) is 0 Å².